The molecule has 2 heterocycles. The highest BCUT2D eigenvalue weighted by atomic mass is 16.4. The number of carboxylic acid groups (broad SMARTS) is 1. The van der Waals surface area contributed by atoms with Crippen molar-refractivity contribution in [2.75, 3.05) is 26.2 Å². The molecule has 5 nitrogen and oxygen atoms in total. The standard InChI is InChI=1S/C14H24N2O3/c1-10(2)8-15-7-5-11(9-15)13(17)16-6-3-4-12(16)14(18)19/h10-12H,3-9H2,1-2H3,(H,18,19)/t11-,12+/m1/s1. The van der Waals surface area contributed by atoms with Crippen molar-refractivity contribution >= 4 is 11.9 Å². The highest BCUT2D eigenvalue weighted by Gasteiger charge is 2.39. The molecule has 2 fully saturated rings. The molecule has 0 aromatic carbocycles. The lowest BCUT2D eigenvalue weighted by atomic mass is 10.1. The number of hydrogen-bond acceptors (Lipinski definition) is 3. The van der Waals surface area contributed by atoms with Gasteiger partial charge in [0.05, 0.1) is 5.92 Å². The number of aliphatic carboxylic acids is 1. The van der Waals surface area contributed by atoms with E-state index in [9.17, 15) is 9.59 Å². The fourth-order valence-electron chi connectivity index (χ4n) is 3.24. The monoisotopic (exact) mass is 268 g/mol. The molecular formula is C14H24N2O3. The summed E-state index contributed by atoms with van der Waals surface area (Å²) in [5, 5.41) is 9.14. The fraction of sp³-hybridized carbons (Fsp3) is 0.857. The van der Waals surface area contributed by atoms with Crippen LogP contribution in [0.1, 0.15) is 33.1 Å². The molecule has 2 aliphatic rings. The van der Waals surface area contributed by atoms with Crippen molar-refractivity contribution in [2.45, 2.75) is 39.2 Å². The summed E-state index contributed by atoms with van der Waals surface area (Å²) < 4.78 is 0. The Morgan fingerprint density at radius 2 is 2.00 bits per heavy atom. The van der Waals surface area contributed by atoms with Gasteiger partial charge in [-0.1, -0.05) is 13.8 Å². The maximum atomic E-state index is 12.4. The molecule has 5 heteroatoms. The van der Waals surface area contributed by atoms with Crippen molar-refractivity contribution in [2.24, 2.45) is 11.8 Å². The van der Waals surface area contributed by atoms with E-state index in [1.54, 1.807) is 4.90 Å². The molecule has 2 saturated heterocycles. The lowest BCUT2D eigenvalue weighted by molar-refractivity contribution is -0.149. The maximum absolute atomic E-state index is 12.4. The average Bonchev–Trinajstić information content (AvgIpc) is 2.94. The molecular weight excluding hydrogens is 244 g/mol. The van der Waals surface area contributed by atoms with Crippen LogP contribution in [-0.4, -0.2) is 59.0 Å². The Bertz CT molecular complexity index is 357. The number of likely N-dealkylation sites (tertiary alicyclic amines) is 2. The van der Waals surface area contributed by atoms with Crippen LogP contribution in [-0.2, 0) is 9.59 Å². The second kappa shape index (κ2) is 5.90. The van der Waals surface area contributed by atoms with Crippen LogP contribution in [0.15, 0.2) is 0 Å². The summed E-state index contributed by atoms with van der Waals surface area (Å²) in [6.07, 6.45) is 2.28. The second-order valence-electron chi connectivity index (χ2n) is 6.17. The van der Waals surface area contributed by atoms with Gasteiger partial charge in [0.1, 0.15) is 6.04 Å². The first-order valence-corrected chi connectivity index (χ1v) is 7.24. The molecule has 1 N–H and O–H groups in total. The summed E-state index contributed by atoms with van der Waals surface area (Å²) >= 11 is 0. The van der Waals surface area contributed by atoms with E-state index < -0.39 is 12.0 Å². The Balaban J connectivity index is 1.92. The van der Waals surface area contributed by atoms with Gasteiger partial charge in [-0.25, -0.2) is 4.79 Å². The van der Waals surface area contributed by atoms with Gasteiger partial charge >= 0.3 is 5.97 Å². The number of rotatable bonds is 4. The molecule has 2 aliphatic heterocycles. The third-order valence-corrected chi connectivity index (χ3v) is 4.07. The predicted molar refractivity (Wildman–Crippen MR) is 71.8 cm³/mol. The third-order valence-electron chi connectivity index (χ3n) is 4.07. The van der Waals surface area contributed by atoms with Crippen molar-refractivity contribution in [1.29, 1.82) is 0 Å². The van der Waals surface area contributed by atoms with Crippen LogP contribution in [0.25, 0.3) is 0 Å². The first-order chi connectivity index (χ1) is 8.99. The van der Waals surface area contributed by atoms with Crippen LogP contribution in [0, 0.1) is 11.8 Å². The van der Waals surface area contributed by atoms with Gasteiger partial charge in [0, 0.05) is 19.6 Å². The average molecular weight is 268 g/mol. The van der Waals surface area contributed by atoms with Gasteiger partial charge in [0.15, 0.2) is 0 Å². The predicted octanol–water partition coefficient (Wildman–Crippen LogP) is 1.04. The number of hydrogen-bond donors (Lipinski definition) is 1. The molecule has 0 aromatic rings. The van der Waals surface area contributed by atoms with Crippen molar-refractivity contribution in [3.05, 3.63) is 0 Å². The number of carboxylic acids is 1. The van der Waals surface area contributed by atoms with Gasteiger partial charge in [-0.05, 0) is 31.7 Å². The maximum Gasteiger partial charge on any atom is 0.326 e. The number of carbonyl (C=O) groups excluding carboxylic acids is 1. The number of nitrogens with zero attached hydrogens (tertiary/aromatic N) is 2. The molecule has 0 unspecified atom stereocenters. The van der Waals surface area contributed by atoms with Gasteiger partial charge in [0.2, 0.25) is 5.91 Å². The Hall–Kier alpha value is -1.10. The molecule has 0 saturated carbocycles. The highest BCUT2D eigenvalue weighted by molar-refractivity contribution is 5.86. The summed E-state index contributed by atoms with van der Waals surface area (Å²) in [6.45, 7) is 7.73. The molecule has 0 bridgehead atoms. The Kier molecular flexibility index (Phi) is 4.45. The minimum absolute atomic E-state index is 0.00120. The topological polar surface area (TPSA) is 60.9 Å². The van der Waals surface area contributed by atoms with E-state index in [0.717, 1.165) is 32.5 Å². The quantitative estimate of drug-likeness (QED) is 0.827. The first-order valence-electron chi connectivity index (χ1n) is 7.24. The van der Waals surface area contributed by atoms with Gasteiger partial charge in [-0.2, -0.15) is 0 Å². The van der Waals surface area contributed by atoms with Gasteiger partial charge in [0.25, 0.3) is 0 Å². The zero-order valence-electron chi connectivity index (χ0n) is 11.8. The van der Waals surface area contributed by atoms with Crippen LogP contribution in [0.3, 0.4) is 0 Å². The minimum Gasteiger partial charge on any atom is -0.480 e. The Labute approximate surface area is 114 Å². The van der Waals surface area contributed by atoms with Crippen molar-refractivity contribution in [3.8, 4) is 0 Å². The second-order valence-corrected chi connectivity index (χ2v) is 6.17. The fourth-order valence-corrected chi connectivity index (χ4v) is 3.24. The summed E-state index contributed by atoms with van der Waals surface area (Å²) in [5.74, 6) is -0.204. The molecule has 19 heavy (non-hydrogen) atoms. The van der Waals surface area contributed by atoms with E-state index in [0.29, 0.717) is 18.9 Å². The van der Waals surface area contributed by atoms with Crippen molar-refractivity contribution in [3.63, 3.8) is 0 Å². The van der Waals surface area contributed by atoms with E-state index in [1.807, 2.05) is 0 Å². The summed E-state index contributed by atoms with van der Waals surface area (Å²) in [7, 11) is 0. The normalized spacial score (nSPS) is 28.3. The van der Waals surface area contributed by atoms with Crippen LogP contribution < -0.4 is 0 Å². The molecule has 0 aromatic heterocycles. The molecule has 2 atom stereocenters. The zero-order chi connectivity index (χ0) is 14.0. The SMILES string of the molecule is CC(C)CN1CC[C@@H](C(=O)N2CCC[C@H]2C(=O)O)C1. The summed E-state index contributed by atoms with van der Waals surface area (Å²) in [6, 6.07) is -0.591. The molecule has 1 amide bonds. The van der Waals surface area contributed by atoms with Gasteiger partial charge in [-0.15, -0.1) is 0 Å². The molecule has 108 valence electrons. The lowest BCUT2D eigenvalue weighted by Gasteiger charge is -2.25. The third kappa shape index (κ3) is 3.26. The van der Waals surface area contributed by atoms with Gasteiger partial charge in [-0.3, -0.25) is 4.79 Å². The smallest absolute Gasteiger partial charge is 0.326 e. The van der Waals surface area contributed by atoms with Crippen LogP contribution in [0.2, 0.25) is 0 Å². The molecule has 0 spiro atoms. The Morgan fingerprint density at radius 3 is 2.63 bits per heavy atom. The largest absolute Gasteiger partial charge is 0.480 e. The van der Waals surface area contributed by atoms with Gasteiger partial charge < -0.3 is 14.9 Å². The highest BCUT2D eigenvalue weighted by Crippen LogP contribution is 2.25. The van der Waals surface area contributed by atoms with Crippen LogP contribution >= 0.6 is 0 Å². The van der Waals surface area contributed by atoms with E-state index >= 15 is 0 Å². The first kappa shape index (κ1) is 14.3. The summed E-state index contributed by atoms with van der Waals surface area (Å²) in [4.78, 5) is 27.5. The van der Waals surface area contributed by atoms with Crippen molar-refractivity contribution in [1.82, 2.24) is 9.80 Å². The molecule has 0 radical (unpaired) electrons. The molecule has 0 aliphatic carbocycles. The van der Waals surface area contributed by atoms with Crippen molar-refractivity contribution < 1.29 is 14.7 Å². The van der Waals surface area contributed by atoms with E-state index in [-0.39, 0.29) is 11.8 Å². The number of amides is 1. The molecule has 2 rings (SSSR count). The zero-order valence-corrected chi connectivity index (χ0v) is 11.8. The van der Waals surface area contributed by atoms with Crippen LogP contribution in [0.4, 0.5) is 0 Å². The minimum atomic E-state index is -0.858. The lowest BCUT2D eigenvalue weighted by Crippen LogP contribution is -2.44. The number of carbonyl (C=O) groups is 2. The van der Waals surface area contributed by atoms with E-state index in [2.05, 4.69) is 18.7 Å². The van der Waals surface area contributed by atoms with E-state index in [4.69, 9.17) is 5.11 Å². The Morgan fingerprint density at radius 1 is 1.26 bits per heavy atom. The van der Waals surface area contributed by atoms with Crippen LogP contribution in [0.5, 0.6) is 0 Å². The van der Waals surface area contributed by atoms with E-state index in [1.165, 1.54) is 0 Å². The summed E-state index contributed by atoms with van der Waals surface area (Å²) in [5.41, 5.74) is 0.